The van der Waals surface area contributed by atoms with Gasteiger partial charge in [0.1, 0.15) is 31.2 Å². The molecule has 0 aromatic heterocycles. The predicted molar refractivity (Wildman–Crippen MR) is 248 cm³/mol. The Labute approximate surface area is 395 Å². The lowest BCUT2D eigenvalue weighted by atomic mass is 9.91. The number of aliphatic hydroxyl groups is 4. The Bertz CT molecular complexity index is 1210. The fraction of sp³-hybridized carbons (Fsp3) is 0.930. The Kier molecular flexibility index (Phi) is 37.8. The summed E-state index contributed by atoms with van der Waals surface area (Å²) in [6.07, 6.45) is -5.85. The second-order valence-corrected chi connectivity index (χ2v) is 19.3. The normalized spacial score (nSPS) is 26.0. The average molecular weight is 980 g/mol. The Morgan fingerprint density at radius 2 is 1.08 bits per heavy atom. The zero-order valence-corrected chi connectivity index (χ0v) is 42.2. The van der Waals surface area contributed by atoms with Crippen LogP contribution in [-0.2, 0) is 61.8 Å². The molecule has 2 aliphatic heterocycles. The van der Waals surface area contributed by atoms with Gasteiger partial charge in [-0.15, -0.1) is 0 Å². The number of rotatable bonds is 32. The smallest absolute Gasteiger partial charge is 0.246 e. The van der Waals surface area contributed by atoms with Gasteiger partial charge in [0.15, 0.2) is 12.6 Å². The summed E-state index contributed by atoms with van der Waals surface area (Å²) in [4.78, 5) is 35.8. The number of hydrogen-bond acceptors (Lipinski definition) is 20. The minimum atomic E-state index is -1.13. The van der Waals surface area contributed by atoms with Crippen molar-refractivity contribution in [3.05, 3.63) is 0 Å². The van der Waals surface area contributed by atoms with Crippen LogP contribution in [0.25, 0.3) is 0 Å². The first-order valence-electron chi connectivity index (χ1n) is 22.6. The van der Waals surface area contributed by atoms with Crippen molar-refractivity contribution in [1.29, 1.82) is 0 Å². The molecule has 0 radical (unpaired) electrons. The predicted octanol–water partition coefficient (Wildman–Crippen LogP) is 0.913. The molecular weight excluding hydrogens is 895 g/mol. The fourth-order valence-corrected chi connectivity index (χ4v) is 8.49. The molecule has 8 N–H and O–H groups in total. The number of nitrogens with one attached hydrogen (secondary N) is 2. The number of ether oxygens (including phenoxy) is 10. The van der Waals surface area contributed by atoms with E-state index < -0.39 is 49.2 Å². The van der Waals surface area contributed by atoms with Crippen LogP contribution >= 0.6 is 21.6 Å². The maximum Gasteiger partial charge on any atom is 0.246 e. The zero-order chi connectivity index (χ0) is 49.2. The van der Waals surface area contributed by atoms with Crippen molar-refractivity contribution in [1.82, 2.24) is 10.6 Å². The number of carbonyl (C=O) groups excluding carboxylic acids is 3. The van der Waals surface area contributed by atoms with E-state index in [9.17, 15) is 34.8 Å². The molecule has 20 nitrogen and oxygen atoms in total. The van der Waals surface area contributed by atoms with E-state index in [0.29, 0.717) is 85.3 Å². The highest BCUT2D eigenvalue weighted by Crippen LogP contribution is 2.36. The van der Waals surface area contributed by atoms with Crippen molar-refractivity contribution in [2.45, 2.75) is 122 Å². The van der Waals surface area contributed by atoms with Gasteiger partial charge in [0.25, 0.3) is 0 Å². The molecule has 65 heavy (non-hydrogen) atoms. The molecule has 2 rings (SSSR count). The molecule has 2 saturated heterocycles. The van der Waals surface area contributed by atoms with Gasteiger partial charge < -0.3 is 84.2 Å². The van der Waals surface area contributed by atoms with E-state index >= 15 is 0 Å². The van der Waals surface area contributed by atoms with Crippen LogP contribution < -0.4 is 16.4 Å². The van der Waals surface area contributed by atoms with Crippen LogP contribution in [0.1, 0.15) is 68.2 Å². The van der Waals surface area contributed by atoms with Gasteiger partial charge in [0.2, 0.25) is 11.8 Å². The maximum absolute atomic E-state index is 12.2. The molecule has 2 aliphatic rings. The number of Topliss-reactive ketones (excluding diaryl/α,β-unsaturated/α-hetero) is 1. The molecule has 0 bridgehead atoms. The van der Waals surface area contributed by atoms with E-state index in [1.165, 1.54) is 14.2 Å². The summed E-state index contributed by atoms with van der Waals surface area (Å²) in [5.74, 6) is -0.131. The third-order valence-corrected chi connectivity index (χ3v) is 13.2. The highest BCUT2D eigenvalue weighted by atomic mass is 33.1. The van der Waals surface area contributed by atoms with Crippen LogP contribution in [0.2, 0.25) is 0 Å². The van der Waals surface area contributed by atoms with Crippen LogP contribution in [0, 0.1) is 17.8 Å². The topological polar surface area (TPSA) is 275 Å². The average Bonchev–Trinajstić information content (AvgIpc) is 3.28. The lowest BCUT2D eigenvalue weighted by Gasteiger charge is -2.40. The lowest BCUT2D eigenvalue weighted by molar-refractivity contribution is -0.282. The van der Waals surface area contributed by atoms with Gasteiger partial charge in [-0.3, -0.25) is 14.4 Å². The summed E-state index contributed by atoms with van der Waals surface area (Å²) >= 11 is 0. The van der Waals surface area contributed by atoms with Gasteiger partial charge in [-0.1, -0.05) is 77.0 Å². The molecule has 5 unspecified atom stereocenters. The van der Waals surface area contributed by atoms with E-state index in [2.05, 4.69) is 31.4 Å². The summed E-state index contributed by atoms with van der Waals surface area (Å²) in [6, 6.07) is 0. The SMILES string of the molecule is CC.CO[C@@H]1OC(COCC(=O)NCCOCCOCCCC(=O)C(C)CSSC(C)(C)C)[C@@H](C)[C@H](O)C1O.CO[C@@H]1OC(COCC(=O)NCCOCCOCCN)[C@@H](C)[C@H](O)C1O. The van der Waals surface area contributed by atoms with Crippen molar-refractivity contribution >= 4 is 39.2 Å². The van der Waals surface area contributed by atoms with Crippen molar-refractivity contribution in [2.24, 2.45) is 23.5 Å². The van der Waals surface area contributed by atoms with E-state index in [-0.39, 0.29) is 66.5 Å². The summed E-state index contributed by atoms with van der Waals surface area (Å²) in [5.41, 5.74) is 5.28. The number of aliphatic hydroxyl groups excluding tert-OH is 4. The monoisotopic (exact) mass is 980 g/mol. The lowest BCUT2D eigenvalue weighted by Crippen LogP contribution is -2.55. The summed E-state index contributed by atoms with van der Waals surface area (Å²) in [5, 5.41) is 45.1. The number of ketones is 1. The number of hydrogen-bond donors (Lipinski definition) is 7. The Balaban J connectivity index is 0.00000128. The first kappa shape index (κ1) is 63.7. The number of nitrogens with two attached hydrogens (primary N) is 1. The van der Waals surface area contributed by atoms with Crippen LogP contribution in [-0.4, -0.2) is 211 Å². The quantitative estimate of drug-likeness (QED) is 0.0365. The van der Waals surface area contributed by atoms with Gasteiger partial charge in [0.05, 0.1) is 83.9 Å². The fourth-order valence-electron chi connectivity index (χ4n) is 5.80. The van der Waals surface area contributed by atoms with Crippen molar-refractivity contribution < 1.29 is 82.2 Å². The number of amides is 2. The minimum Gasteiger partial charge on any atom is -0.390 e. The van der Waals surface area contributed by atoms with Gasteiger partial charge in [-0.2, -0.15) is 0 Å². The van der Waals surface area contributed by atoms with Gasteiger partial charge in [0, 0.05) is 75.1 Å². The highest BCUT2D eigenvalue weighted by molar-refractivity contribution is 8.77. The Morgan fingerprint density at radius 1 is 0.662 bits per heavy atom. The molecule has 386 valence electrons. The zero-order valence-electron chi connectivity index (χ0n) is 40.6. The van der Waals surface area contributed by atoms with Crippen LogP contribution in [0.4, 0.5) is 0 Å². The van der Waals surface area contributed by atoms with E-state index in [0.717, 1.165) is 5.75 Å². The molecule has 0 aromatic carbocycles. The van der Waals surface area contributed by atoms with Gasteiger partial charge in [-0.05, 0) is 6.42 Å². The van der Waals surface area contributed by atoms with E-state index in [1.807, 2.05) is 20.8 Å². The van der Waals surface area contributed by atoms with Gasteiger partial charge in [-0.25, -0.2) is 0 Å². The van der Waals surface area contributed by atoms with Crippen LogP contribution in [0.15, 0.2) is 0 Å². The summed E-state index contributed by atoms with van der Waals surface area (Å²) in [6.45, 7) is 20.5. The number of methoxy groups -OCH3 is 2. The maximum atomic E-state index is 12.2. The van der Waals surface area contributed by atoms with Crippen LogP contribution in [0.5, 0.6) is 0 Å². The van der Waals surface area contributed by atoms with Gasteiger partial charge >= 0.3 is 0 Å². The first-order chi connectivity index (χ1) is 31.0. The second kappa shape index (κ2) is 38.5. The van der Waals surface area contributed by atoms with Crippen LogP contribution in [0.3, 0.4) is 0 Å². The molecule has 2 heterocycles. The number of carbonyl (C=O) groups is 3. The largest absolute Gasteiger partial charge is 0.390 e. The first-order valence-corrected chi connectivity index (χ1v) is 24.9. The molecule has 2 fully saturated rings. The van der Waals surface area contributed by atoms with Crippen molar-refractivity contribution in [3.63, 3.8) is 0 Å². The second-order valence-electron chi connectivity index (χ2n) is 16.2. The standard InChI is InChI=1S/C25H47NO9S2.C16H32N2O8.C2H6/c1-17(16-36-37-25(3,4)5)19(27)8-7-10-32-12-13-33-11-9-26-21(28)15-34-14-20-18(2)22(29)23(30)24(31-6)35-20;1-11-12(26-16(22-2)15(21)14(11)20)9-25-10-13(19)18-4-6-24-8-7-23-5-3-17;1-2/h17-18,20,22-24,29-30H,7-16H2,1-6H3,(H,26,28);11-12,14-16,20-21H,3-10,17H2,1-2H3,(H,18,19);1-2H3/t17?,18-,20?,22+,23?,24-;11-,12?,14+,15?,16-;/m11./s1. The van der Waals surface area contributed by atoms with E-state index in [1.54, 1.807) is 35.4 Å². The highest BCUT2D eigenvalue weighted by Gasteiger charge is 2.43. The third kappa shape index (κ3) is 29.4. The Hall–Kier alpha value is -1.29. The molecule has 2 amide bonds. The minimum absolute atomic E-state index is 0.0536. The molecule has 22 heteroatoms. The molecule has 0 saturated carbocycles. The molecule has 11 atom stereocenters. The van der Waals surface area contributed by atoms with E-state index in [4.69, 9.17) is 53.1 Å². The molecule has 0 aromatic rings. The molecule has 0 aliphatic carbocycles. The summed E-state index contributed by atoms with van der Waals surface area (Å²) < 4.78 is 53.5. The third-order valence-electron chi connectivity index (χ3n) is 9.65. The van der Waals surface area contributed by atoms with Crippen molar-refractivity contribution in [3.8, 4) is 0 Å². The Morgan fingerprint density at radius 3 is 1.48 bits per heavy atom. The van der Waals surface area contributed by atoms with Crippen molar-refractivity contribution in [2.75, 3.05) is 119 Å². The molecular formula is C43H85N3O17S2. The molecule has 0 spiro atoms. The summed E-state index contributed by atoms with van der Waals surface area (Å²) in [7, 11) is 6.33.